The fourth-order valence-electron chi connectivity index (χ4n) is 0.823. The van der Waals surface area contributed by atoms with Crippen LogP contribution in [0, 0.1) is 0 Å². The number of hydrogen-bond acceptors (Lipinski definition) is 4. The van der Waals surface area contributed by atoms with Crippen LogP contribution in [-0.4, -0.2) is 29.1 Å². The molecule has 0 aliphatic carbocycles. The summed E-state index contributed by atoms with van der Waals surface area (Å²) in [5, 5.41) is 8.41. The van der Waals surface area contributed by atoms with Gasteiger partial charge in [-0.3, -0.25) is 9.59 Å². The predicted octanol–water partition coefficient (Wildman–Crippen LogP) is -0.775. The molecule has 0 aliphatic heterocycles. The first-order valence-electron chi connectivity index (χ1n) is 3.98. The van der Waals surface area contributed by atoms with Crippen LogP contribution in [0.25, 0.3) is 0 Å². The van der Waals surface area contributed by atoms with Crippen molar-refractivity contribution in [3.8, 4) is 0 Å². The zero-order valence-electron chi connectivity index (χ0n) is 8.09. The molecule has 8 heteroatoms. The van der Waals surface area contributed by atoms with Crippen LogP contribution in [0.1, 0.15) is 19.3 Å². The van der Waals surface area contributed by atoms with Crippen LogP contribution in [0.3, 0.4) is 0 Å². The summed E-state index contributed by atoms with van der Waals surface area (Å²) < 4.78 is 0. The van der Waals surface area contributed by atoms with E-state index in [1.54, 1.807) is 0 Å². The van der Waals surface area contributed by atoms with Gasteiger partial charge in [-0.15, -0.1) is 24.8 Å². The van der Waals surface area contributed by atoms with Crippen LogP contribution in [-0.2, 0) is 9.59 Å². The average Bonchev–Trinajstić information content (AvgIpc) is 2.03. The molecule has 92 valence electrons. The van der Waals surface area contributed by atoms with Gasteiger partial charge >= 0.3 is 5.97 Å². The number of carbonyl (C=O) groups is 2. The molecule has 0 rings (SSSR count). The van der Waals surface area contributed by atoms with Crippen LogP contribution in [0.2, 0.25) is 0 Å². The van der Waals surface area contributed by atoms with Crippen LogP contribution < -0.4 is 17.2 Å². The molecule has 0 aromatic rings. The number of hydrogen-bond donors (Lipinski definition) is 4. The van der Waals surface area contributed by atoms with Crippen LogP contribution in [0.15, 0.2) is 0 Å². The standard InChI is InChI=1S/C7H15N3O3.2ClH/c8-4(6(10)11)2-1-3-5(9)7(12)13;;/h4-5H,1-3,8-9H2,(H2,10,11)(H,12,13);2*1H. The molecule has 7 N–H and O–H groups in total. The largest absolute Gasteiger partial charge is 0.480 e. The summed E-state index contributed by atoms with van der Waals surface area (Å²) in [6.07, 6.45) is 1.16. The van der Waals surface area contributed by atoms with Gasteiger partial charge in [0.1, 0.15) is 6.04 Å². The number of rotatable bonds is 6. The molecular formula is C7H17Cl2N3O3. The summed E-state index contributed by atoms with van der Waals surface area (Å²) in [4.78, 5) is 20.7. The highest BCUT2D eigenvalue weighted by molar-refractivity contribution is 5.85. The first kappa shape index (κ1) is 19.9. The Balaban J connectivity index is -0.000000720. The average molecular weight is 262 g/mol. The summed E-state index contributed by atoms with van der Waals surface area (Å²) >= 11 is 0. The lowest BCUT2D eigenvalue weighted by atomic mass is 10.1. The first-order valence-corrected chi connectivity index (χ1v) is 3.98. The second-order valence-electron chi connectivity index (χ2n) is 2.88. The molecule has 0 saturated carbocycles. The van der Waals surface area contributed by atoms with Crippen molar-refractivity contribution in [1.29, 1.82) is 0 Å². The van der Waals surface area contributed by atoms with Gasteiger partial charge in [-0.1, -0.05) is 0 Å². The molecule has 2 unspecified atom stereocenters. The van der Waals surface area contributed by atoms with Gasteiger partial charge in [0, 0.05) is 0 Å². The van der Waals surface area contributed by atoms with E-state index >= 15 is 0 Å². The molecule has 0 aliphatic rings. The molecule has 0 aromatic heterocycles. The van der Waals surface area contributed by atoms with Crippen molar-refractivity contribution >= 4 is 36.7 Å². The van der Waals surface area contributed by atoms with Gasteiger partial charge < -0.3 is 22.3 Å². The number of aliphatic carboxylic acids is 1. The molecule has 0 fully saturated rings. The van der Waals surface area contributed by atoms with E-state index < -0.39 is 24.0 Å². The summed E-state index contributed by atoms with van der Waals surface area (Å²) in [6, 6.07) is -1.60. The fraction of sp³-hybridized carbons (Fsp3) is 0.714. The highest BCUT2D eigenvalue weighted by Gasteiger charge is 2.13. The highest BCUT2D eigenvalue weighted by Crippen LogP contribution is 2.01. The van der Waals surface area contributed by atoms with E-state index in [9.17, 15) is 9.59 Å². The summed E-state index contributed by atoms with van der Waals surface area (Å²) in [6.45, 7) is 0. The van der Waals surface area contributed by atoms with Gasteiger partial charge in [-0.25, -0.2) is 0 Å². The fourth-order valence-corrected chi connectivity index (χ4v) is 0.823. The smallest absolute Gasteiger partial charge is 0.320 e. The van der Waals surface area contributed by atoms with Gasteiger partial charge in [0.15, 0.2) is 0 Å². The number of nitrogens with two attached hydrogens (primary N) is 3. The molecule has 6 nitrogen and oxygen atoms in total. The van der Waals surface area contributed by atoms with Crippen molar-refractivity contribution in [2.45, 2.75) is 31.3 Å². The van der Waals surface area contributed by atoms with Crippen molar-refractivity contribution in [3.63, 3.8) is 0 Å². The topological polar surface area (TPSA) is 132 Å². The Morgan fingerprint density at radius 2 is 1.47 bits per heavy atom. The highest BCUT2D eigenvalue weighted by atomic mass is 35.5. The Hall–Kier alpha value is -0.560. The molecular weight excluding hydrogens is 245 g/mol. The third-order valence-electron chi connectivity index (χ3n) is 1.71. The van der Waals surface area contributed by atoms with E-state index in [0.717, 1.165) is 0 Å². The number of carboxylic acids is 1. The van der Waals surface area contributed by atoms with Gasteiger partial charge in [-0.05, 0) is 19.3 Å². The number of carboxylic acid groups (broad SMARTS) is 1. The molecule has 0 bridgehead atoms. The second kappa shape index (κ2) is 9.97. The summed E-state index contributed by atoms with van der Waals surface area (Å²) in [5.74, 6) is -1.63. The predicted molar refractivity (Wildman–Crippen MR) is 61.1 cm³/mol. The van der Waals surface area contributed by atoms with E-state index in [1.807, 2.05) is 0 Å². The zero-order chi connectivity index (χ0) is 10.4. The van der Waals surface area contributed by atoms with Gasteiger partial charge in [0.25, 0.3) is 0 Å². The molecule has 2 atom stereocenters. The quantitative estimate of drug-likeness (QED) is 0.498. The van der Waals surface area contributed by atoms with E-state index in [1.165, 1.54) is 0 Å². The lowest BCUT2D eigenvalue weighted by Crippen LogP contribution is -2.37. The zero-order valence-corrected chi connectivity index (χ0v) is 9.72. The Morgan fingerprint density at radius 1 is 1.07 bits per heavy atom. The molecule has 0 saturated heterocycles. The van der Waals surface area contributed by atoms with Gasteiger partial charge in [0.2, 0.25) is 5.91 Å². The minimum atomic E-state index is -1.05. The normalized spacial score (nSPS) is 12.9. The lowest BCUT2D eigenvalue weighted by molar-refractivity contribution is -0.138. The van der Waals surface area contributed by atoms with Crippen molar-refractivity contribution in [2.24, 2.45) is 17.2 Å². The summed E-state index contributed by atoms with van der Waals surface area (Å²) in [7, 11) is 0. The number of halogens is 2. The number of amides is 1. The van der Waals surface area contributed by atoms with Crippen molar-refractivity contribution in [1.82, 2.24) is 0 Å². The van der Waals surface area contributed by atoms with Crippen LogP contribution in [0.5, 0.6) is 0 Å². The number of primary amides is 1. The Kier molecular flexibility index (Phi) is 13.3. The molecule has 1 amide bonds. The van der Waals surface area contributed by atoms with Crippen molar-refractivity contribution in [3.05, 3.63) is 0 Å². The third-order valence-corrected chi connectivity index (χ3v) is 1.71. The van der Waals surface area contributed by atoms with Crippen LogP contribution in [0.4, 0.5) is 0 Å². The second-order valence-corrected chi connectivity index (χ2v) is 2.88. The van der Waals surface area contributed by atoms with E-state index in [0.29, 0.717) is 19.3 Å². The minimum Gasteiger partial charge on any atom is -0.480 e. The number of carbonyl (C=O) groups excluding carboxylic acids is 1. The Morgan fingerprint density at radius 3 is 1.80 bits per heavy atom. The maximum absolute atomic E-state index is 10.5. The monoisotopic (exact) mass is 261 g/mol. The van der Waals surface area contributed by atoms with E-state index in [4.69, 9.17) is 22.3 Å². The van der Waals surface area contributed by atoms with Crippen molar-refractivity contribution in [2.75, 3.05) is 0 Å². The maximum atomic E-state index is 10.5. The van der Waals surface area contributed by atoms with Gasteiger partial charge in [0.05, 0.1) is 6.04 Å². The minimum absolute atomic E-state index is 0. The molecule has 0 radical (unpaired) electrons. The molecule has 15 heavy (non-hydrogen) atoms. The van der Waals surface area contributed by atoms with E-state index in [2.05, 4.69) is 0 Å². The molecule has 0 heterocycles. The lowest BCUT2D eigenvalue weighted by Gasteiger charge is -2.08. The summed E-state index contributed by atoms with van der Waals surface area (Å²) in [5.41, 5.74) is 15.4. The molecule has 0 spiro atoms. The SMILES string of the molecule is Cl.Cl.NC(=O)C(N)CCCC(N)C(=O)O. The van der Waals surface area contributed by atoms with E-state index in [-0.39, 0.29) is 24.8 Å². The van der Waals surface area contributed by atoms with Gasteiger partial charge in [-0.2, -0.15) is 0 Å². The molecule has 0 aromatic carbocycles. The van der Waals surface area contributed by atoms with Crippen LogP contribution >= 0.6 is 24.8 Å². The first-order chi connectivity index (χ1) is 5.95. The Labute approximate surface area is 100 Å². The maximum Gasteiger partial charge on any atom is 0.320 e. The third kappa shape index (κ3) is 9.74. The Bertz CT molecular complexity index is 184. The van der Waals surface area contributed by atoms with Crippen molar-refractivity contribution < 1.29 is 14.7 Å².